The van der Waals surface area contributed by atoms with Crippen LogP contribution in [0.4, 0.5) is 0 Å². The number of nitrogens with one attached hydrogen (secondary N) is 11. The van der Waals surface area contributed by atoms with Crippen molar-refractivity contribution >= 4 is 83.1 Å². The first-order valence-corrected chi connectivity index (χ1v) is 29.7. The summed E-state index contributed by atoms with van der Waals surface area (Å²) in [6.07, 6.45) is 0.913. The Labute approximate surface area is 521 Å². The van der Waals surface area contributed by atoms with Gasteiger partial charge in [-0.15, -0.1) is 0 Å². The molecule has 2 aromatic rings. The third-order valence-electron chi connectivity index (χ3n) is 14.5. The van der Waals surface area contributed by atoms with E-state index < -0.39 is 176 Å². The third kappa shape index (κ3) is 25.2. The second-order valence-electron chi connectivity index (χ2n) is 22.2. The largest absolute Gasteiger partial charge is 0.508 e. The number of phenolic OH excluding ortho intramolecular Hbond substituents is 1. The lowest BCUT2D eigenvalue weighted by Gasteiger charge is -2.32. The Balaban J connectivity index is 1.84. The molecule has 3 rings (SSSR count). The average Bonchev–Trinajstić information content (AvgIpc) is 1.76. The maximum atomic E-state index is 14.5. The molecule has 0 unspecified atom stereocenters. The molecule has 0 aromatic heterocycles. The number of phenols is 1. The Morgan fingerprint density at radius 2 is 1.11 bits per heavy atom. The summed E-state index contributed by atoms with van der Waals surface area (Å²) in [7, 11) is 0. The number of carbonyl (C=O) groups excluding carboxylic acids is 14. The third-order valence-corrected chi connectivity index (χ3v) is 14.5. The van der Waals surface area contributed by atoms with E-state index in [4.69, 9.17) is 11.5 Å². The Bertz CT molecular complexity index is 2810. The van der Waals surface area contributed by atoms with Gasteiger partial charge in [0.25, 0.3) is 0 Å². The topological polar surface area (TPSA) is 487 Å². The maximum absolute atomic E-state index is 14.5. The van der Waals surface area contributed by atoms with E-state index in [0.717, 1.165) is 0 Å². The Kier molecular flexibility index (Phi) is 32.0. The number of hydrogen-bond acceptors (Lipinski definition) is 18. The molecule has 1 saturated heterocycles. The van der Waals surface area contributed by atoms with Gasteiger partial charge < -0.3 is 95.0 Å². The molecule has 0 saturated carbocycles. The van der Waals surface area contributed by atoms with Crippen LogP contribution in [-0.2, 0) is 80.0 Å². The molecule has 0 aliphatic carbocycles. The van der Waals surface area contributed by atoms with Gasteiger partial charge in [0.1, 0.15) is 66.4 Å². The number of benzene rings is 2. The van der Waals surface area contributed by atoms with Crippen molar-refractivity contribution in [2.24, 2.45) is 23.3 Å². The summed E-state index contributed by atoms with van der Waals surface area (Å²) in [5.41, 5.74) is 11.3. The number of amides is 13. The van der Waals surface area contributed by atoms with Crippen LogP contribution in [0, 0.1) is 11.8 Å². The van der Waals surface area contributed by atoms with E-state index in [1.807, 2.05) is 0 Å². The number of likely N-dealkylation sites (tertiary alicyclic amines) is 1. The van der Waals surface area contributed by atoms with Gasteiger partial charge in [-0.1, -0.05) is 89.9 Å². The number of nitrogens with zero attached hydrogens (tertiary/aromatic N) is 1. The number of aromatic hydroxyl groups is 1. The fourth-order valence-corrected chi connectivity index (χ4v) is 9.35. The minimum Gasteiger partial charge on any atom is -0.508 e. The molecule has 18 N–H and O–H groups in total. The summed E-state index contributed by atoms with van der Waals surface area (Å²) in [6, 6.07) is -0.101. The van der Waals surface area contributed by atoms with Crippen molar-refractivity contribution in [2.75, 3.05) is 39.4 Å². The van der Waals surface area contributed by atoms with E-state index in [1.165, 1.54) is 36.1 Å². The number of hydrogen-bond donors (Lipinski definition) is 16. The van der Waals surface area contributed by atoms with E-state index in [1.54, 1.807) is 65.0 Å². The number of aldehydes is 1. The first-order chi connectivity index (χ1) is 42.7. The monoisotopic (exact) mass is 1260 g/mol. The minimum atomic E-state index is -1.79. The summed E-state index contributed by atoms with van der Waals surface area (Å²) in [5, 5.41) is 57.5. The fourth-order valence-electron chi connectivity index (χ4n) is 9.35. The van der Waals surface area contributed by atoms with Crippen molar-refractivity contribution < 1.29 is 82.4 Å². The molecule has 0 radical (unpaired) electrons. The van der Waals surface area contributed by atoms with Crippen LogP contribution in [0.5, 0.6) is 5.75 Å². The normalized spacial score (nSPS) is 16.0. The highest BCUT2D eigenvalue weighted by atomic mass is 16.3. The number of primary amides is 1. The number of carbonyl (C=O) groups is 14. The lowest BCUT2D eigenvalue weighted by Crippen LogP contribution is -2.61. The fraction of sp³-hybridized carbons (Fsp3) is 0.559. The summed E-state index contributed by atoms with van der Waals surface area (Å²) in [5.74, 6) is -11.8. The first kappa shape index (κ1) is 75.2. The number of aliphatic hydroxyl groups is 2. The molecule has 31 nitrogen and oxygen atoms in total. The SMILES string of the molecule is CCC[C@H](NC(=O)[C@H](CC(C)C)NC(=O)[C@H](Cc1ccc(O)cc1)NC(=O)[C@@H](CO)NC(=O)[C@H](Cc1ccccc1)NC(=O)[C@H](C)NC(=O)[C@@H](CO)NC(=O)CNC(=O)CNC(=O)CN)C(=O)N1CCC[C@H]1C(=O)N[C@H](C(=O)N[C@@H](C=O)CC(N)=O)[C@@H](C)CC. The van der Waals surface area contributed by atoms with Gasteiger partial charge in [-0.25, -0.2) is 0 Å². The molecular weight excluding hydrogens is 1180 g/mol. The molecule has 11 atom stereocenters. The second-order valence-corrected chi connectivity index (χ2v) is 22.2. The van der Waals surface area contributed by atoms with Crippen molar-refractivity contribution in [1.82, 2.24) is 63.4 Å². The molecule has 0 spiro atoms. The summed E-state index contributed by atoms with van der Waals surface area (Å²) in [6.45, 7) is 6.60. The van der Waals surface area contributed by atoms with E-state index in [-0.39, 0.29) is 56.9 Å². The van der Waals surface area contributed by atoms with Gasteiger partial charge in [0.15, 0.2) is 0 Å². The zero-order valence-electron chi connectivity index (χ0n) is 51.5. The van der Waals surface area contributed by atoms with Crippen LogP contribution in [0.25, 0.3) is 0 Å². The number of rotatable bonds is 38. The van der Waals surface area contributed by atoms with Gasteiger partial charge >= 0.3 is 0 Å². The predicted molar refractivity (Wildman–Crippen MR) is 323 cm³/mol. The molecule has 2 aromatic carbocycles. The molecular formula is C59H88N14O17. The van der Waals surface area contributed by atoms with Gasteiger partial charge in [0, 0.05) is 19.4 Å². The van der Waals surface area contributed by atoms with Crippen LogP contribution in [-0.4, -0.2) is 203 Å². The Hall–Kier alpha value is -9.10. The van der Waals surface area contributed by atoms with Crippen molar-refractivity contribution in [3.63, 3.8) is 0 Å². The Morgan fingerprint density at radius 1 is 0.600 bits per heavy atom. The molecule has 90 heavy (non-hydrogen) atoms. The predicted octanol–water partition coefficient (Wildman–Crippen LogP) is -5.31. The van der Waals surface area contributed by atoms with Crippen LogP contribution in [0.3, 0.4) is 0 Å². The van der Waals surface area contributed by atoms with Crippen LogP contribution in [0.15, 0.2) is 54.6 Å². The van der Waals surface area contributed by atoms with Gasteiger partial charge in [0.2, 0.25) is 76.8 Å². The smallest absolute Gasteiger partial charge is 0.245 e. The van der Waals surface area contributed by atoms with E-state index in [0.29, 0.717) is 36.7 Å². The molecule has 0 bridgehead atoms. The first-order valence-electron chi connectivity index (χ1n) is 29.7. The summed E-state index contributed by atoms with van der Waals surface area (Å²) in [4.78, 5) is 186. The van der Waals surface area contributed by atoms with Crippen molar-refractivity contribution in [3.05, 3.63) is 65.7 Å². The lowest BCUT2D eigenvalue weighted by atomic mass is 9.97. The highest BCUT2D eigenvalue weighted by Crippen LogP contribution is 2.22. The highest BCUT2D eigenvalue weighted by molar-refractivity contribution is 5.99. The molecule has 1 heterocycles. The van der Waals surface area contributed by atoms with Gasteiger partial charge in [-0.05, 0) is 67.7 Å². The summed E-state index contributed by atoms with van der Waals surface area (Å²) >= 11 is 0. The van der Waals surface area contributed by atoms with Crippen LogP contribution >= 0.6 is 0 Å². The zero-order chi connectivity index (χ0) is 67.2. The molecule has 1 aliphatic rings. The van der Waals surface area contributed by atoms with Gasteiger partial charge in [-0.3, -0.25) is 62.3 Å². The standard InChI is InChI=1S/C59H88N14O17/c1-7-13-39(59(90)73-21-12-16-45(73)57(88)72-50(33(5)8-2)58(89)65-37(29-74)25-46(61)78)67-52(83)40(22-32(3)4)69-53(84)42(24-36-17-19-38(77)20-18-36)70-56(87)44(31-76)71-54(85)41(23-35-14-10-9-11-15-35)68-51(82)34(6)64-55(86)43(30-75)66-49(81)28-63-48(80)27-62-47(79)26-60/h9-11,14-15,17-20,29,32-34,37,39-45,50,75-77H,7-8,12-13,16,21-28,30-31,60H2,1-6H3,(H2,61,78)(H,62,79)(H,63,80)(H,64,86)(H,65,89)(H,66,81)(H,67,83)(H,68,82)(H,69,84)(H,70,87)(H,71,85)(H,72,88)/t33-,34-,37+,39-,40-,41-,42-,43+,44+,45-,50-/m0/s1. The average molecular weight is 1270 g/mol. The summed E-state index contributed by atoms with van der Waals surface area (Å²) < 4.78 is 0. The molecule has 1 fully saturated rings. The highest BCUT2D eigenvalue weighted by Gasteiger charge is 2.41. The number of nitrogens with two attached hydrogens (primary N) is 2. The van der Waals surface area contributed by atoms with E-state index in [2.05, 4.69) is 58.5 Å². The van der Waals surface area contributed by atoms with Crippen molar-refractivity contribution in [2.45, 2.75) is 160 Å². The zero-order valence-corrected chi connectivity index (χ0v) is 51.5. The molecule has 1 aliphatic heterocycles. The second kappa shape index (κ2) is 38.3. The van der Waals surface area contributed by atoms with Crippen LogP contribution < -0.4 is 70.0 Å². The maximum Gasteiger partial charge on any atom is 0.245 e. The molecule has 496 valence electrons. The van der Waals surface area contributed by atoms with E-state index in [9.17, 15) is 82.4 Å². The Morgan fingerprint density at radius 3 is 1.67 bits per heavy atom. The molecule has 31 heteroatoms. The molecule has 13 amide bonds. The van der Waals surface area contributed by atoms with Crippen LogP contribution in [0.2, 0.25) is 0 Å². The van der Waals surface area contributed by atoms with Gasteiger partial charge in [-0.2, -0.15) is 0 Å². The van der Waals surface area contributed by atoms with E-state index >= 15 is 0 Å². The lowest BCUT2D eigenvalue weighted by molar-refractivity contribution is -0.143. The quantitative estimate of drug-likeness (QED) is 0.0279. The van der Waals surface area contributed by atoms with Crippen molar-refractivity contribution in [3.8, 4) is 5.75 Å². The van der Waals surface area contributed by atoms with Gasteiger partial charge in [0.05, 0.1) is 45.3 Å². The van der Waals surface area contributed by atoms with Crippen LogP contribution in [0.1, 0.15) is 97.6 Å². The number of aliphatic hydroxyl groups excluding tert-OH is 2. The van der Waals surface area contributed by atoms with Crippen molar-refractivity contribution in [1.29, 1.82) is 0 Å². The minimum absolute atomic E-state index is 0.00856.